The van der Waals surface area contributed by atoms with Crippen LogP contribution in [0.4, 0.5) is 0 Å². The number of nitrogens with zero attached hydrogens (tertiary/aromatic N) is 2. The SMILES string of the molecule is Brc1cccc(OCCN2CCC(N3CCNCC3)C2)c1. The van der Waals surface area contributed by atoms with Crippen molar-refractivity contribution in [2.24, 2.45) is 0 Å². The fourth-order valence-corrected chi connectivity index (χ4v) is 3.59. The second kappa shape index (κ2) is 7.58. The first-order valence-electron chi connectivity index (χ1n) is 7.87. The van der Waals surface area contributed by atoms with E-state index in [0.717, 1.165) is 42.5 Å². The molecule has 116 valence electrons. The second-order valence-corrected chi connectivity index (χ2v) is 6.75. The lowest BCUT2D eigenvalue weighted by molar-refractivity contribution is 0.165. The third-order valence-electron chi connectivity index (χ3n) is 4.39. The van der Waals surface area contributed by atoms with Crippen molar-refractivity contribution >= 4 is 15.9 Å². The van der Waals surface area contributed by atoms with Crippen molar-refractivity contribution in [3.63, 3.8) is 0 Å². The molecule has 1 unspecified atom stereocenters. The third-order valence-corrected chi connectivity index (χ3v) is 4.88. The van der Waals surface area contributed by atoms with Crippen molar-refractivity contribution in [2.75, 3.05) is 52.4 Å². The standard InChI is InChI=1S/C16H24BrN3O/c17-14-2-1-3-16(12-14)21-11-10-19-7-4-15(13-19)20-8-5-18-6-9-20/h1-3,12,15,18H,4-11,13H2. The minimum absolute atomic E-state index is 0.748. The van der Waals surface area contributed by atoms with Gasteiger partial charge in [-0.05, 0) is 31.2 Å². The Morgan fingerprint density at radius 2 is 2.10 bits per heavy atom. The van der Waals surface area contributed by atoms with Crippen LogP contribution in [0.1, 0.15) is 6.42 Å². The van der Waals surface area contributed by atoms with Gasteiger partial charge in [0.05, 0.1) is 0 Å². The Bertz CT molecular complexity index is 451. The van der Waals surface area contributed by atoms with Crippen LogP contribution < -0.4 is 10.1 Å². The Morgan fingerprint density at radius 3 is 2.90 bits per heavy atom. The maximum Gasteiger partial charge on any atom is 0.120 e. The van der Waals surface area contributed by atoms with Crippen LogP contribution in [0.5, 0.6) is 5.75 Å². The van der Waals surface area contributed by atoms with Crippen LogP contribution in [0.3, 0.4) is 0 Å². The summed E-state index contributed by atoms with van der Waals surface area (Å²) in [5.41, 5.74) is 0. The summed E-state index contributed by atoms with van der Waals surface area (Å²) in [4.78, 5) is 5.18. The zero-order valence-corrected chi connectivity index (χ0v) is 14.0. The fraction of sp³-hybridized carbons (Fsp3) is 0.625. The molecule has 2 heterocycles. The Kier molecular flexibility index (Phi) is 5.52. The molecule has 0 saturated carbocycles. The van der Waals surface area contributed by atoms with Crippen LogP contribution in [0.25, 0.3) is 0 Å². The molecule has 3 rings (SSSR count). The van der Waals surface area contributed by atoms with Gasteiger partial charge in [-0.3, -0.25) is 9.80 Å². The van der Waals surface area contributed by atoms with E-state index in [1.165, 1.54) is 32.6 Å². The molecular formula is C16H24BrN3O. The molecule has 2 saturated heterocycles. The maximum atomic E-state index is 5.83. The molecule has 1 aromatic rings. The average Bonchev–Trinajstić information content (AvgIpc) is 2.97. The molecule has 4 nitrogen and oxygen atoms in total. The molecule has 0 aliphatic carbocycles. The highest BCUT2D eigenvalue weighted by Gasteiger charge is 2.27. The van der Waals surface area contributed by atoms with Crippen molar-refractivity contribution in [1.82, 2.24) is 15.1 Å². The van der Waals surface area contributed by atoms with E-state index in [0.29, 0.717) is 0 Å². The summed E-state index contributed by atoms with van der Waals surface area (Å²) in [6.45, 7) is 8.88. The van der Waals surface area contributed by atoms with E-state index in [2.05, 4.69) is 31.0 Å². The largest absolute Gasteiger partial charge is 0.492 e. The van der Waals surface area contributed by atoms with Crippen LogP contribution in [0.2, 0.25) is 0 Å². The molecule has 21 heavy (non-hydrogen) atoms. The number of ether oxygens (including phenoxy) is 1. The lowest BCUT2D eigenvalue weighted by atomic mass is 10.2. The highest BCUT2D eigenvalue weighted by atomic mass is 79.9. The van der Waals surface area contributed by atoms with Crippen molar-refractivity contribution in [3.8, 4) is 5.75 Å². The van der Waals surface area contributed by atoms with Crippen molar-refractivity contribution in [2.45, 2.75) is 12.5 Å². The zero-order valence-electron chi connectivity index (χ0n) is 12.4. The summed E-state index contributed by atoms with van der Waals surface area (Å²) >= 11 is 3.47. The summed E-state index contributed by atoms with van der Waals surface area (Å²) < 4.78 is 6.90. The van der Waals surface area contributed by atoms with Gasteiger partial charge in [-0.25, -0.2) is 0 Å². The van der Waals surface area contributed by atoms with Crippen LogP contribution in [0.15, 0.2) is 28.7 Å². The molecular weight excluding hydrogens is 330 g/mol. The molecule has 2 fully saturated rings. The first-order chi connectivity index (χ1) is 10.3. The van der Waals surface area contributed by atoms with E-state index in [1.807, 2.05) is 24.3 Å². The number of piperazine rings is 1. The number of hydrogen-bond acceptors (Lipinski definition) is 4. The highest BCUT2D eigenvalue weighted by Crippen LogP contribution is 2.19. The normalized spacial score (nSPS) is 24.3. The quantitative estimate of drug-likeness (QED) is 0.873. The minimum atomic E-state index is 0.748. The Balaban J connectivity index is 1.38. The van der Waals surface area contributed by atoms with E-state index in [9.17, 15) is 0 Å². The third kappa shape index (κ3) is 4.42. The molecule has 5 heteroatoms. The Hall–Kier alpha value is -0.620. The van der Waals surface area contributed by atoms with Gasteiger partial charge in [-0.15, -0.1) is 0 Å². The minimum Gasteiger partial charge on any atom is -0.492 e. The van der Waals surface area contributed by atoms with E-state index in [4.69, 9.17) is 4.74 Å². The molecule has 1 atom stereocenters. The molecule has 1 N–H and O–H groups in total. The molecule has 0 radical (unpaired) electrons. The van der Waals surface area contributed by atoms with Crippen LogP contribution >= 0.6 is 15.9 Å². The molecule has 0 spiro atoms. The first-order valence-corrected chi connectivity index (χ1v) is 8.66. The van der Waals surface area contributed by atoms with E-state index in [1.54, 1.807) is 0 Å². The summed E-state index contributed by atoms with van der Waals surface area (Å²) in [5, 5.41) is 3.43. The first kappa shape index (κ1) is 15.3. The smallest absolute Gasteiger partial charge is 0.120 e. The van der Waals surface area contributed by atoms with Gasteiger partial charge in [-0.1, -0.05) is 22.0 Å². The van der Waals surface area contributed by atoms with Gasteiger partial charge in [0.25, 0.3) is 0 Å². The second-order valence-electron chi connectivity index (χ2n) is 5.83. The van der Waals surface area contributed by atoms with Crippen molar-refractivity contribution in [1.29, 1.82) is 0 Å². The number of likely N-dealkylation sites (tertiary alicyclic amines) is 1. The van der Waals surface area contributed by atoms with Gasteiger partial charge in [-0.2, -0.15) is 0 Å². The molecule has 1 aromatic carbocycles. The topological polar surface area (TPSA) is 27.7 Å². The fourth-order valence-electron chi connectivity index (χ4n) is 3.21. The number of halogens is 1. The van der Waals surface area contributed by atoms with E-state index >= 15 is 0 Å². The van der Waals surface area contributed by atoms with Gasteiger partial charge >= 0.3 is 0 Å². The number of hydrogen-bond donors (Lipinski definition) is 1. The Labute approximate surface area is 135 Å². The van der Waals surface area contributed by atoms with E-state index < -0.39 is 0 Å². The molecule has 2 aliphatic heterocycles. The van der Waals surface area contributed by atoms with Crippen LogP contribution in [-0.2, 0) is 0 Å². The number of rotatable bonds is 5. The van der Waals surface area contributed by atoms with Gasteiger partial charge in [0.15, 0.2) is 0 Å². The van der Waals surface area contributed by atoms with Crippen LogP contribution in [0, 0.1) is 0 Å². The summed E-state index contributed by atoms with van der Waals surface area (Å²) in [7, 11) is 0. The Morgan fingerprint density at radius 1 is 1.24 bits per heavy atom. The van der Waals surface area contributed by atoms with Gasteiger partial charge in [0.1, 0.15) is 12.4 Å². The average molecular weight is 354 g/mol. The maximum absolute atomic E-state index is 5.83. The number of benzene rings is 1. The predicted molar refractivity (Wildman–Crippen MR) is 88.9 cm³/mol. The zero-order chi connectivity index (χ0) is 14.5. The predicted octanol–water partition coefficient (Wildman–Crippen LogP) is 1.81. The summed E-state index contributed by atoms with van der Waals surface area (Å²) in [5.74, 6) is 0.947. The lowest BCUT2D eigenvalue weighted by Crippen LogP contribution is -2.49. The lowest BCUT2D eigenvalue weighted by Gasteiger charge is -2.32. The van der Waals surface area contributed by atoms with Gasteiger partial charge in [0, 0.05) is 49.8 Å². The van der Waals surface area contributed by atoms with Crippen molar-refractivity contribution in [3.05, 3.63) is 28.7 Å². The van der Waals surface area contributed by atoms with Crippen molar-refractivity contribution < 1.29 is 4.74 Å². The monoisotopic (exact) mass is 353 g/mol. The van der Waals surface area contributed by atoms with Gasteiger partial charge < -0.3 is 10.1 Å². The summed E-state index contributed by atoms with van der Waals surface area (Å²) in [6.07, 6.45) is 1.30. The molecule has 0 aromatic heterocycles. The van der Waals surface area contributed by atoms with E-state index in [-0.39, 0.29) is 0 Å². The van der Waals surface area contributed by atoms with Gasteiger partial charge in [0.2, 0.25) is 0 Å². The highest BCUT2D eigenvalue weighted by molar-refractivity contribution is 9.10. The molecule has 2 aliphatic rings. The summed E-state index contributed by atoms with van der Waals surface area (Å²) in [6, 6.07) is 8.81. The molecule has 0 amide bonds. The molecule has 0 bridgehead atoms. The van der Waals surface area contributed by atoms with Crippen LogP contribution in [-0.4, -0.2) is 68.3 Å². The number of nitrogens with one attached hydrogen (secondary N) is 1.